The number of hydrogen-bond acceptors (Lipinski definition) is 4. The zero-order valence-corrected chi connectivity index (χ0v) is 17.2. The number of carbonyl (C=O) groups is 2. The van der Waals surface area contributed by atoms with E-state index in [9.17, 15) is 14.7 Å². The molecule has 1 aliphatic heterocycles. The number of aliphatic hydroxyl groups is 1. The number of nitrogens with zero attached hydrogens (tertiary/aromatic N) is 2. The molecule has 1 N–H and O–H groups in total. The van der Waals surface area contributed by atoms with Crippen molar-refractivity contribution in [2.45, 2.75) is 20.8 Å². The van der Waals surface area contributed by atoms with Gasteiger partial charge in [0.25, 0.3) is 11.8 Å². The predicted molar refractivity (Wildman–Crippen MR) is 111 cm³/mol. The van der Waals surface area contributed by atoms with E-state index in [1.54, 1.807) is 30.1 Å². The molecule has 2 aromatic carbocycles. The molecule has 2 aromatic rings. The van der Waals surface area contributed by atoms with Crippen molar-refractivity contribution in [1.29, 1.82) is 0 Å². The fourth-order valence-corrected chi connectivity index (χ4v) is 3.79. The van der Waals surface area contributed by atoms with Gasteiger partial charge >= 0.3 is 0 Å². The molecule has 5 nitrogen and oxygen atoms in total. The number of imide groups is 1. The van der Waals surface area contributed by atoms with Crippen LogP contribution in [-0.4, -0.2) is 42.0 Å². The van der Waals surface area contributed by atoms with Crippen molar-refractivity contribution >= 4 is 34.7 Å². The predicted octanol–water partition coefficient (Wildman–Crippen LogP) is 3.47. The highest BCUT2D eigenvalue weighted by Crippen LogP contribution is 2.37. The van der Waals surface area contributed by atoms with E-state index < -0.39 is 5.91 Å². The minimum Gasteiger partial charge on any atom is -0.395 e. The van der Waals surface area contributed by atoms with E-state index in [1.807, 2.05) is 39.0 Å². The average Bonchev–Trinajstić information content (AvgIpc) is 2.86. The normalized spacial score (nSPS) is 14.3. The lowest BCUT2D eigenvalue weighted by Crippen LogP contribution is -2.35. The van der Waals surface area contributed by atoms with Crippen LogP contribution in [0.1, 0.15) is 22.3 Å². The number of rotatable bonds is 5. The summed E-state index contributed by atoms with van der Waals surface area (Å²) in [6, 6.07) is 10.9. The first-order valence-corrected chi connectivity index (χ1v) is 9.43. The van der Waals surface area contributed by atoms with E-state index in [4.69, 9.17) is 11.6 Å². The van der Waals surface area contributed by atoms with Gasteiger partial charge in [0.2, 0.25) is 0 Å². The van der Waals surface area contributed by atoms with Crippen molar-refractivity contribution < 1.29 is 14.7 Å². The van der Waals surface area contributed by atoms with Crippen LogP contribution in [0.15, 0.2) is 42.1 Å². The van der Waals surface area contributed by atoms with Gasteiger partial charge in [-0.2, -0.15) is 0 Å². The molecule has 0 saturated heterocycles. The van der Waals surface area contributed by atoms with E-state index >= 15 is 0 Å². The molecule has 6 heteroatoms. The number of aliphatic hydroxyl groups excluding tert-OH is 1. The molecule has 0 atom stereocenters. The van der Waals surface area contributed by atoms with Crippen molar-refractivity contribution in [3.8, 4) is 0 Å². The summed E-state index contributed by atoms with van der Waals surface area (Å²) in [5.74, 6) is -0.775. The SMILES string of the molecule is Cc1ccc(C2=C(N(C)CCO)C(=O)N(c3ccc(Cl)cc3C)C2=O)c(C)c1. The fourth-order valence-electron chi connectivity index (χ4n) is 3.56. The highest BCUT2D eigenvalue weighted by Gasteiger charge is 2.42. The van der Waals surface area contributed by atoms with Gasteiger partial charge in [-0.05, 0) is 55.7 Å². The van der Waals surface area contributed by atoms with Crippen LogP contribution in [0.2, 0.25) is 5.02 Å². The number of halogens is 1. The second-order valence-corrected chi connectivity index (χ2v) is 7.50. The van der Waals surface area contributed by atoms with Gasteiger partial charge in [0, 0.05) is 18.6 Å². The van der Waals surface area contributed by atoms with Crippen LogP contribution in [0.3, 0.4) is 0 Å². The Morgan fingerprint density at radius 3 is 2.32 bits per heavy atom. The quantitative estimate of drug-likeness (QED) is 0.783. The number of anilines is 1. The van der Waals surface area contributed by atoms with Gasteiger partial charge in [-0.1, -0.05) is 35.4 Å². The molecular formula is C22H23ClN2O3. The number of amides is 2. The summed E-state index contributed by atoms with van der Waals surface area (Å²) in [6.07, 6.45) is 0. The molecule has 0 radical (unpaired) electrons. The number of aryl methyl sites for hydroxylation is 3. The number of likely N-dealkylation sites (N-methyl/N-ethyl adjacent to an activating group) is 1. The molecule has 0 spiro atoms. The standard InChI is InChI=1S/C22H23ClN2O3/c1-13-5-7-17(14(2)11-13)19-20(24(4)9-10-26)22(28)25(21(19)27)18-8-6-16(23)12-15(18)3/h5-8,11-12,26H,9-10H2,1-4H3. The minimum absolute atomic E-state index is 0.123. The minimum atomic E-state index is -0.402. The number of carbonyl (C=O) groups excluding carboxylic acids is 2. The van der Waals surface area contributed by atoms with Gasteiger partial charge < -0.3 is 10.0 Å². The summed E-state index contributed by atoms with van der Waals surface area (Å²) in [5, 5.41) is 9.91. The summed E-state index contributed by atoms with van der Waals surface area (Å²) in [5.41, 5.74) is 4.61. The van der Waals surface area contributed by atoms with E-state index in [-0.39, 0.29) is 19.1 Å². The third-order valence-electron chi connectivity index (χ3n) is 4.93. The molecule has 1 aliphatic rings. The molecule has 146 valence electrons. The summed E-state index contributed by atoms with van der Waals surface area (Å²) in [7, 11) is 1.71. The van der Waals surface area contributed by atoms with Crippen molar-refractivity contribution in [3.05, 3.63) is 69.4 Å². The highest BCUT2D eigenvalue weighted by molar-refractivity contribution is 6.45. The van der Waals surface area contributed by atoms with Crippen molar-refractivity contribution in [1.82, 2.24) is 4.90 Å². The first-order chi connectivity index (χ1) is 13.3. The molecular weight excluding hydrogens is 376 g/mol. The van der Waals surface area contributed by atoms with Crippen molar-refractivity contribution in [2.24, 2.45) is 0 Å². The molecule has 0 bridgehead atoms. The monoisotopic (exact) mass is 398 g/mol. The Labute approximate surface area is 169 Å². The van der Waals surface area contributed by atoms with Gasteiger partial charge in [-0.3, -0.25) is 9.59 Å². The zero-order chi connectivity index (χ0) is 20.6. The fraction of sp³-hybridized carbons (Fsp3) is 0.273. The van der Waals surface area contributed by atoms with Crippen molar-refractivity contribution in [3.63, 3.8) is 0 Å². The first kappa shape index (κ1) is 20.1. The lowest BCUT2D eigenvalue weighted by atomic mass is 9.97. The second-order valence-electron chi connectivity index (χ2n) is 7.06. The Kier molecular flexibility index (Phi) is 5.59. The molecule has 2 amide bonds. The van der Waals surface area contributed by atoms with E-state index in [2.05, 4.69) is 0 Å². The largest absolute Gasteiger partial charge is 0.395 e. The van der Waals surface area contributed by atoms with Crippen LogP contribution in [-0.2, 0) is 9.59 Å². The maximum absolute atomic E-state index is 13.4. The molecule has 0 aromatic heterocycles. The van der Waals surface area contributed by atoms with Gasteiger partial charge in [-0.15, -0.1) is 0 Å². The van der Waals surface area contributed by atoms with Gasteiger partial charge in [0.15, 0.2) is 0 Å². The summed E-state index contributed by atoms with van der Waals surface area (Å²) >= 11 is 6.04. The van der Waals surface area contributed by atoms with Gasteiger partial charge in [0.05, 0.1) is 17.9 Å². The average molecular weight is 399 g/mol. The van der Waals surface area contributed by atoms with Gasteiger partial charge in [-0.25, -0.2) is 4.90 Å². The van der Waals surface area contributed by atoms with Crippen molar-refractivity contribution in [2.75, 3.05) is 25.1 Å². The molecule has 3 rings (SSSR count). The van der Waals surface area contributed by atoms with Crippen LogP contribution in [0.5, 0.6) is 0 Å². The Bertz CT molecular complexity index is 997. The summed E-state index contributed by atoms with van der Waals surface area (Å²) < 4.78 is 0. The van der Waals surface area contributed by atoms with Crippen LogP contribution in [0.25, 0.3) is 5.57 Å². The van der Waals surface area contributed by atoms with Crippen LogP contribution < -0.4 is 4.90 Å². The Balaban J connectivity index is 2.19. The Morgan fingerprint density at radius 1 is 1.00 bits per heavy atom. The van der Waals surface area contributed by atoms with Gasteiger partial charge in [0.1, 0.15) is 5.70 Å². The van der Waals surface area contributed by atoms with E-state index in [0.717, 1.165) is 22.3 Å². The van der Waals surface area contributed by atoms with Crippen LogP contribution in [0, 0.1) is 20.8 Å². The molecule has 0 saturated carbocycles. The summed E-state index contributed by atoms with van der Waals surface area (Å²) in [6.45, 7) is 5.84. The lowest BCUT2D eigenvalue weighted by molar-refractivity contribution is -0.120. The Hall–Kier alpha value is -2.63. The third-order valence-corrected chi connectivity index (χ3v) is 5.16. The number of hydrogen-bond donors (Lipinski definition) is 1. The molecule has 0 fully saturated rings. The van der Waals surface area contributed by atoms with Crippen LogP contribution in [0.4, 0.5) is 5.69 Å². The van der Waals surface area contributed by atoms with E-state index in [1.165, 1.54) is 4.90 Å². The third kappa shape index (κ3) is 3.43. The summed E-state index contributed by atoms with van der Waals surface area (Å²) in [4.78, 5) is 29.6. The van der Waals surface area contributed by atoms with E-state index in [0.29, 0.717) is 22.0 Å². The number of benzene rings is 2. The molecule has 0 aliphatic carbocycles. The molecule has 1 heterocycles. The lowest BCUT2D eigenvalue weighted by Gasteiger charge is -2.21. The molecule has 0 unspecified atom stereocenters. The molecule has 28 heavy (non-hydrogen) atoms. The maximum Gasteiger partial charge on any atom is 0.282 e. The topological polar surface area (TPSA) is 60.9 Å². The van der Waals surface area contributed by atoms with Crippen LogP contribution >= 0.6 is 11.6 Å². The smallest absolute Gasteiger partial charge is 0.282 e. The second kappa shape index (κ2) is 7.78. The maximum atomic E-state index is 13.4. The zero-order valence-electron chi connectivity index (χ0n) is 16.4. The first-order valence-electron chi connectivity index (χ1n) is 9.05. The Morgan fingerprint density at radius 2 is 1.71 bits per heavy atom. The highest BCUT2D eigenvalue weighted by atomic mass is 35.5.